The molecule has 2 rings (SSSR count). The van der Waals surface area contributed by atoms with Gasteiger partial charge >= 0.3 is 0 Å². The van der Waals surface area contributed by atoms with Crippen molar-refractivity contribution in [3.8, 4) is 0 Å². The van der Waals surface area contributed by atoms with Crippen molar-refractivity contribution in [1.82, 2.24) is 0 Å². The number of anilines is 1. The number of hydrogen-bond donors (Lipinski definition) is 1. The molecule has 1 aliphatic rings. The van der Waals surface area contributed by atoms with Crippen molar-refractivity contribution in [3.05, 3.63) is 29.0 Å². The second-order valence-electron chi connectivity index (χ2n) is 3.91. The molecule has 0 aromatic heterocycles. The van der Waals surface area contributed by atoms with Gasteiger partial charge < -0.3 is 10.6 Å². The van der Waals surface area contributed by atoms with Crippen LogP contribution in [-0.4, -0.2) is 19.6 Å². The number of benzene rings is 1. The number of nitrogens with zero attached hydrogens (tertiary/aromatic N) is 1. The van der Waals surface area contributed by atoms with Crippen LogP contribution in [0, 0.1) is 11.7 Å². The molecule has 82 valence electrons. The Morgan fingerprint density at radius 1 is 1.53 bits per heavy atom. The minimum absolute atomic E-state index is 0.184. The Kier molecular flexibility index (Phi) is 3.12. The Bertz CT molecular complexity index is 356. The van der Waals surface area contributed by atoms with Crippen LogP contribution >= 0.6 is 11.6 Å². The standard InChI is InChI=1S/C11H14ClFN2/c12-9-2-1-3-10(11(9)13)15-5-4-8(6-14)7-15/h1-3,8H,4-7,14H2. The van der Waals surface area contributed by atoms with Gasteiger partial charge in [0.2, 0.25) is 0 Å². The van der Waals surface area contributed by atoms with Gasteiger partial charge in [0.05, 0.1) is 10.7 Å². The van der Waals surface area contributed by atoms with Crippen molar-refractivity contribution in [2.75, 3.05) is 24.5 Å². The van der Waals surface area contributed by atoms with E-state index in [4.69, 9.17) is 17.3 Å². The second kappa shape index (κ2) is 4.37. The van der Waals surface area contributed by atoms with E-state index in [0.29, 0.717) is 18.2 Å². The molecule has 1 aliphatic heterocycles. The maximum atomic E-state index is 13.7. The van der Waals surface area contributed by atoms with Gasteiger partial charge in [0, 0.05) is 13.1 Å². The molecule has 15 heavy (non-hydrogen) atoms. The molecule has 0 radical (unpaired) electrons. The summed E-state index contributed by atoms with van der Waals surface area (Å²) in [6.45, 7) is 2.35. The van der Waals surface area contributed by atoms with Crippen molar-refractivity contribution in [2.24, 2.45) is 11.7 Å². The van der Waals surface area contributed by atoms with Gasteiger partial charge in [-0.25, -0.2) is 4.39 Å². The number of hydrogen-bond acceptors (Lipinski definition) is 2. The summed E-state index contributed by atoms with van der Waals surface area (Å²) < 4.78 is 13.7. The first-order chi connectivity index (χ1) is 7.22. The lowest BCUT2D eigenvalue weighted by Crippen LogP contribution is -2.23. The third-order valence-electron chi connectivity index (χ3n) is 2.89. The van der Waals surface area contributed by atoms with Crippen LogP contribution < -0.4 is 10.6 Å². The number of rotatable bonds is 2. The lowest BCUT2D eigenvalue weighted by molar-refractivity contribution is 0.597. The summed E-state index contributed by atoms with van der Waals surface area (Å²) in [5.41, 5.74) is 6.19. The third kappa shape index (κ3) is 2.08. The Labute approximate surface area is 93.8 Å². The number of halogens is 2. The summed E-state index contributed by atoms with van der Waals surface area (Å²) >= 11 is 5.74. The third-order valence-corrected chi connectivity index (χ3v) is 3.18. The Morgan fingerprint density at radius 3 is 3.00 bits per heavy atom. The highest BCUT2D eigenvalue weighted by Gasteiger charge is 2.23. The maximum Gasteiger partial charge on any atom is 0.165 e. The fourth-order valence-corrected chi connectivity index (χ4v) is 2.15. The van der Waals surface area contributed by atoms with Gasteiger partial charge in [-0.1, -0.05) is 17.7 Å². The predicted molar refractivity (Wildman–Crippen MR) is 60.8 cm³/mol. The van der Waals surface area contributed by atoms with Gasteiger partial charge in [-0.15, -0.1) is 0 Å². The van der Waals surface area contributed by atoms with Crippen LogP contribution in [-0.2, 0) is 0 Å². The van der Waals surface area contributed by atoms with Gasteiger partial charge in [0.1, 0.15) is 0 Å². The van der Waals surface area contributed by atoms with Crippen LogP contribution in [0.2, 0.25) is 5.02 Å². The molecule has 0 aliphatic carbocycles. The minimum Gasteiger partial charge on any atom is -0.369 e. The Hall–Kier alpha value is -0.800. The molecule has 0 bridgehead atoms. The van der Waals surface area contributed by atoms with Gasteiger partial charge in [-0.3, -0.25) is 0 Å². The zero-order chi connectivity index (χ0) is 10.8. The minimum atomic E-state index is -0.322. The molecule has 1 saturated heterocycles. The van der Waals surface area contributed by atoms with Crippen LogP contribution in [0.25, 0.3) is 0 Å². The van der Waals surface area contributed by atoms with Crippen molar-refractivity contribution < 1.29 is 4.39 Å². The smallest absolute Gasteiger partial charge is 0.165 e. The van der Waals surface area contributed by atoms with Crippen molar-refractivity contribution in [1.29, 1.82) is 0 Å². The van der Waals surface area contributed by atoms with E-state index in [1.807, 2.05) is 4.90 Å². The van der Waals surface area contributed by atoms with E-state index in [0.717, 1.165) is 19.5 Å². The summed E-state index contributed by atoms with van der Waals surface area (Å²) in [6.07, 6.45) is 1.03. The average Bonchev–Trinajstić information content (AvgIpc) is 2.70. The van der Waals surface area contributed by atoms with E-state index in [1.165, 1.54) is 0 Å². The lowest BCUT2D eigenvalue weighted by Gasteiger charge is -2.19. The normalized spacial score (nSPS) is 21.0. The van der Waals surface area contributed by atoms with Crippen molar-refractivity contribution >= 4 is 17.3 Å². The Balaban J connectivity index is 2.20. The molecule has 1 unspecified atom stereocenters. The second-order valence-corrected chi connectivity index (χ2v) is 4.32. The first-order valence-electron chi connectivity index (χ1n) is 5.11. The molecule has 0 spiro atoms. The van der Waals surface area contributed by atoms with Gasteiger partial charge in [-0.2, -0.15) is 0 Å². The molecule has 1 atom stereocenters. The monoisotopic (exact) mass is 228 g/mol. The van der Waals surface area contributed by atoms with Crippen LogP contribution in [0.15, 0.2) is 18.2 Å². The van der Waals surface area contributed by atoms with E-state index in [1.54, 1.807) is 18.2 Å². The molecule has 1 aromatic rings. The molecule has 1 aromatic carbocycles. The van der Waals surface area contributed by atoms with Gasteiger partial charge in [0.25, 0.3) is 0 Å². The fourth-order valence-electron chi connectivity index (χ4n) is 1.98. The SMILES string of the molecule is NCC1CCN(c2cccc(Cl)c2F)C1. The van der Waals surface area contributed by atoms with E-state index in [9.17, 15) is 4.39 Å². The van der Waals surface area contributed by atoms with E-state index >= 15 is 0 Å². The summed E-state index contributed by atoms with van der Waals surface area (Å²) in [4.78, 5) is 2.01. The topological polar surface area (TPSA) is 29.3 Å². The zero-order valence-electron chi connectivity index (χ0n) is 8.42. The van der Waals surface area contributed by atoms with E-state index in [-0.39, 0.29) is 10.8 Å². The molecule has 2 nitrogen and oxygen atoms in total. The molecular weight excluding hydrogens is 215 g/mol. The summed E-state index contributed by atoms with van der Waals surface area (Å²) in [6, 6.07) is 5.10. The highest BCUT2D eigenvalue weighted by molar-refractivity contribution is 6.31. The molecular formula is C11H14ClFN2. The van der Waals surface area contributed by atoms with Gasteiger partial charge in [0.15, 0.2) is 5.82 Å². The highest BCUT2D eigenvalue weighted by Crippen LogP contribution is 2.29. The van der Waals surface area contributed by atoms with Gasteiger partial charge in [-0.05, 0) is 31.0 Å². The zero-order valence-corrected chi connectivity index (χ0v) is 9.17. The number of nitrogens with two attached hydrogens (primary N) is 1. The van der Waals surface area contributed by atoms with Crippen LogP contribution in [0.3, 0.4) is 0 Å². The average molecular weight is 229 g/mol. The van der Waals surface area contributed by atoms with Crippen molar-refractivity contribution in [3.63, 3.8) is 0 Å². The maximum absolute atomic E-state index is 13.7. The summed E-state index contributed by atoms with van der Waals surface area (Å²) in [5, 5.41) is 0.184. The summed E-state index contributed by atoms with van der Waals surface area (Å²) in [7, 11) is 0. The quantitative estimate of drug-likeness (QED) is 0.842. The van der Waals surface area contributed by atoms with E-state index < -0.39 is 0 Å². The summed E-state index contributed by atoms with van der Waals surface area (Å²) in [5.74, 6) is 0.153. The predicted octanol–water partition coefficient (Wildman–Crippen LogP) is 2.26. The van der Waals surface area contributed by atoms with E-state index in [2.05, 4.69) is 0 Å². The largest absolute Gasteiger partial charge is 0.369 e. The Morgan fingerprint density at radius 2 is 2.33 bits per heavy atom. The molecule has 2 N–H and O–H groups in total. The first kappa shape index (κ1) is 10.7. The fraction of sp³-hybridized carbons (Fsp3) is 0.455. The van der Waals surface area contributed by atoms with Crippen LogP contribution in [0.5, 0.6) is 0 Å². The molecule has 0 amide bonds. The van der Waals surface area contributed by atoms with Crippen LogP contribution in [0.1, 0.15) is 6.42 Å². The molecule has 0 saturated carbocycles. The molecule has 1 heterocycles. The lowest BCUT2D eigenvalue weighted by atomic mass is 10.1. The van der Waals surface area contributed by atoms with Crippen LogP contribution in [0.4, 0.5) is 10.1 Å². The molecule has 4 heteroatoms. The molecule has 1 fully saturated rings. The highest BCUT2D eigenvalue weighted by atomic mass is 35.5. The van der Waals surface area contributed by atoms with Crippen molar-refractivity contribution in [2.45, 2.75) is 6.42 Å². The first-order valence-corrected chi connectivity index (χ1v) is 5.49.